The summed E-state index contributed by atoms with van der Waals surface area (Å²) in [5.74, 6) is 2.06. The summed E-state index contributed by atoms with van der Waals surface area (Å²) in [5.41, 5.74) is 2.70. The van der Waals surface area contributed by atoms with Crippen molar-refractivity contribution in [3.8, 4) is 23.0 Å². The summed E-state index contributed by atoms with van der Waals surface area (Å²) in [5, 5.41) is 2.52. The second-order valence-electron chi connectivity index (χ2n) is 8.10. The van der Waals surface area contributed by atoms with Crippen LogP contribution in [0.5, 0.6) is 11.5 Å². The number of cyclic esters (lactones) is 2. The van der Waals surface area contributed by atoms with Crippen molar-refractivity contribution in [1.29, 1.82) is 0 Å². The van der Waals surface area contributed by atoms with Crippen LogP contribution in [0.4, 0.5) is 4.79 Å². The molecule has 34 heavy (non-hydrogen) atoms. The van der Waals surface area contributed by atoms with Gasteiger partial charge in [0.05, 0.1) is 6.61 Å². The van der Waals surface area contributed by atoms with E-state index in [0.717, 1.165) is 29.7 Å². The average Bonchev–Trinajstić information content (AvgIpc) is 3.37. The van der Waals surface area contributed by atoms with Crippen LogP contribution >= 0.6 is 0 Å². The van der Waals surface area contributed by atoms with Gasteiger partial charge in [-0.3, -0.25) is 0 Å². The summed E-state index contributed by atoms with van der Waals surface area (Å²) in [4.78, 5) is 27.3. The minimum atomic E-state index is -0.676. The van der Waals surface area contributed by atoms with Crippen LogP contribution in [0.2, 0.25) is 0 Å². The molecule has 0 radical (unpaired) electrons. The summed E-state index contributed by atoms with van der Waals surface area (Å²) < 4.78 is 22.3. The minimum Gasteiger partial charge on any atom is -0.490 e. The molecule has 1 saturated heterocycles. The summed E-state index contributed by atoms with van der Waals surface area (Å²) >= 11 is 0. The van der Waals surface area contributed by atoms with Gasteiger partial charge in [0.15, 0.2) is 11.5 Å². The van der Waals surface area contributed by atoms with Gasteiger partial charge in [-0.05, 0) is 62.4 Å². The zero-order valence-electron chi connectivity index (χ0n) is 19.3. The lowest BCUT2D eigenvalue weighted by atomic mass is 10.0. The fraction of sp³-hybridized carbons (Fsp3) is 0.346. The quantitative estimate of drug-likeness (QED) is 0.316. The summed E-state index contributed by atoms with van der Waals surface area (Å²) in [6.07, 6.45) is 2.16. The zero-order valence-corrected chi connectivity index (χ0v) is 19.3. The van der Waals surface area contributed by atoms with Crippen molar-refractivity contribution in [2.45, 2.75) is 52.2 Å². The van der Waals surface area contributed by atoms with Gasteiger partial charge < -0.3 is 23.9 Å². The summed E-state index contributed by atoms with van der Waals surface area (Å²) in [6.45, 7) is 4.75. The molecule has 2 aromatic carbocycles. The molecule has 8 heteroatoms. The number of aryl methyl sites for hydroxylation is 2. The van der Waals surface area contributed by atoms with Crippen LogP contribution in [-0.4, -0.2) is 29.7 Å². The van der Waals surface area contributed by atoms with Crippen molar-refractivity contribution in [1.82, 2.24) is 10.3 Å². The molecule has 1 aromatic heterocycles. The molecular formula is C26H28N2O6. The zero-order chi connectivity index (χ0) is 23.9. The molecule has 0 spiro atoms. The van der Waals surface area contributed by atoms with Gasteiger partial charge in [-0.15, -0.1) is 0 Å². The molecule has 1 N–H and O–H groups in total. The number of alkyl carbamates (subject to hydrolysis) is 1. The molecule has 178 valence electrons. The standard InChI is InChI=1S/C26H28N2O6/c1-3-14-31-23-15-18(8-7-11-20-25(29)34-26(30)28-20)12-13-22(23)32-16-21-17(2)33-24(27-21)19-9-5-4-6-10-19/h4-6,9-10,12-13,15,20H,3,7-8,11,14,16H2,1-2H3,(H,28,30). The Morgan fingerprint density at radius 1 is 1.06 bits per heavy atom. The number of nitrogens with one attached hydrogen (secondary N) is 1. The summed E-state index contributed by atoms with van der Waals surface area (Å²) in [7, 11) is 0. The summed E-state index contributed by atoms with van der Waals surface area (Å²) in [6, 6.07) is 15.0. The van der Waals surface area contributed by atoms with Crippen molar-refractivity contribution >= 4 is 12.1 Å². The van der Waals surface area contributed by atoms with Crippen molar-refractivity contribution < 1.29 is 28.2 Å². The smallest absolute Gasteiger partial charge is 0.415 e. The molecule has 0 aliphatic carbocycles. The van der Waals surface area contributed by atoms with Crippen molar-refractivity contribution in [2.75, 3.05) is 6.61 Å². The van der Waals surface area contributed by atoms with Gasteiger partial charge in [0, 0.05) is 5.56 Å². The highest BCUT2D eigenvalue weighted by atomic mass is 16.6. The van der Waals surface area contributed by atoms with Gasteiger partial charge in [0.2, 0.25) is 5.89 Å². The molecule has 8 nitrogen and oxygen atoms in total. The Hall–Kier alpha value is -3.81. The van der Waals surface area contributed by atoms with E-state index in [4.69, 9.17) is 13.9 Å². The van der Waals surface area contributed by atoms with Crippen LogP contribution in [0.1, 0.15) is 43.2 Å². The Labute approximate surface area is 198 Å². The van der Waals surface area contributed by atoms with E-state index in [0.29, 0.717) is 42.6 Å². The average molecular weight is 465 g/mol. The minimum absolute atomic E-state index is 0.257. The molecule has 1 amide bonds. The molecule has 2 heterocycles. The van der Waals surface area contributed by atoms with E-state index in [1.807, 2.05) is 62.4 Å². The first-order chi connectivity index (χ1) is 16.5. The van der Waals surface area contributed by atoms with E-state index in [9.17, 15) is 9.59 Å². The Morgan fingerprint density at radius 3 is 2.62 bits per heavy atom. The first-order valence-electron chi connectivity index (χ1n) is 11.5. The van der Waals surface area contributed by atoms with Crippen LogP contribution in [0.25, 0.3) is 11.5 Å². The highest BCUT2D eigenvalue weighted by molar-refractivity contribution is 5.95. The molecule has 0 bridgehead atoms. The maximum atomic E-state index is 11.6. The Kier molecular flexibility index (Phi) is 7.47. The SMILES string of the molecule is CCCOc1cc(CCCC2NC(=O)OC2=O)ccc1OCc1nc(-c2ccccc2)oc1C. The topological polar surface area (TPSA) is 99.9 Å². The van der Waals surface area contributed by atoms with E-state index in [1.54, 1.807) is 0 Å². The Bertz CT molecular complexity index is 1140. The van der Waals surface area contributed by atoms with Gasteiger partial charge >= 0.3 is 12.1 Å². The number of aromatic nitrogens is 1. The monoisotopic (exact) mass is 464 g/mol. The number of amides is 1. The number of nitrogens with zero attached hydrogens (tertiary/aromatic N) is 1. The third-order valence-corrected chi connectivity index (χ3v) is 5.48. The first-order valence-corrected chi connectivity index (χ1v) is 11.5. The molecule has 1 aliphatic rings. The number of oxazole rings is 1. The fourth-order valence-electron chi connectivity index (χ4n) is 3.66. The van der Waals surface area contributed by atoms with Crippen LogP contribution in [-0.2, 0) is 22.6 Å². The van der Waals surface area contributed by atoms with Crippen LogP contribution in [0, 0.1) is 6.92 Å². The largest absolute Gasteiger partial charge is 0.490 e. The fourth-order valence-corrected chi connectivity index (χ4v) is 3.66. The first kappa shape index (κ1) is 23.4. The molecule has 3 aromatic rings. The maximum Gasteiger partial charge on any atom is 0.415 e. The van der Waals surface area contributed by atoms with Gasteiger partial charge in [-0.25, -0.2) is 14.6 Å². The molecule has 0 saturated carbocycles. The molecule has 1 aliphatic heterocycles. The predicted molar refractivity (Wildman–Crippen MR) is 125 cm³/mol. The van der Waals surface area contributed by atoms with E-state index >= 15 is 0 Å². The van der Waals surface area contributed by atoms with E-state index in [-0.39, 0.29) is 6.61 Å². The predicted octanol–water partition coefficient (Wildman–Crippen LogP) is 4.98. The Morgan fingerprint density at radius 2 is 1.88 bits per heavy atom. The highest BCUT2D eigenvalue weighted by Crippen LogP contribution is 2.31. The highest BCUT2D eigenvalue weighted by Gasteiger charge is 2.31. The number of rotatable bonds is 11. The third-order valence-electron chi connectivity index (χ3n) is 5.48. The lowest BCUT2D eigenvalue weighted by Crippen LogP contribution is -2.28. The molecule has 4 rings (SSSR count). The van der Waals surface area contributed by atoms with E-state index in [1.165, 1.54) is 0 Å². The number of carbonyl (C=O) groups excluding carboxylic acids is 2. The lowest BCUT2D eigenvalue weighted by Gasteiger charge is -2.14. The van der Waals surface area contributed by atoms with Crippen LogP contribution in [0.3, 0.4) is 0 Å². The van der Waals surface area contributed by atoms with Gasteiger partial charge in [-0.2, -0.15) is 0 Å². The van der Waals surface area contributed by atoms with Gasteiger partial charge in [-0.1, -0.05) is 31.2 Å². The van der Waals surface area contributed by atoms with Crippen LogP contribution < -0.4 is 14.8 Å². The van der Waals surface area contributed by atoms with Crippen molar-refractivity contribution in [3.63, 3.8) is 0 Å². The van der Waals surface area contributed by atoms with Crippen molar-refractivity contribution in [3.05, 3.63) is 65.5 Å². The molecular weight excluding hydrogens is 436 g/mol. The van der Waals surface area contributed by atoms with E-state index in [2.05, 4.69) is 15.0 Å². The number of hydrogen-bond acceptors (Lipinski definition) is 7. The van der Waals surface area contributed by atoms with Gasteiger partial charge in [0.25, 0.3) is 0 Å². The normalized spacial score (nSPS) is 15.2. The molecule has 1 atom stereocenters. The second kappa shape index (κ2) is 10.9. The number of hydrogen-bond donors (Lipinski definition) is 1. The molecule has 1 unspecified atom stereocenters. The number of benzene rings is 2. The second-order valence-corrected chi connectivity index (χ2v) is 8.10. The van der Waals surface area contributed by atoms with Crippen LogP contribution in [0.15, 0.2) is 52.9 Å². The maximum absolute atomic E-state index is 11.6. The number of carbonyl (C=O) groups is 2. The molecule has 1 fully saturated rings. The number of ether oxygens (including phenoxy) is 3. The number of esters is 1. The van der Waals surface area contributed by atoms with E-state index < -0.39 is 18.1 Å². The third kappa shape index (κ3) is 5.75. The Balaban J connectivity index is 1.39. The van der Waals surface area contributed by atoms with Gasteiger partial charge in [0.1, 0.15) is 24.1 Å². The van der Waals surface area contributed by atoms with Crippen molar-refractivity contribution in [2.24, 2.45) is 0 Å². The lowest BCUT2D eigenvalue weighted by molar-refractivity contribution is -0.135.